The van der Waals surface area contributed by atoms with Crippen molar-refractivity contribution in [2.45, 2.75) is 26.2 Å². The van der Waals surface area contributed by atoms with E-state index < -0.39 is 0 Å². The zero-order chi connectivity index (χ0) is 19.2. The van der Waals surface area contributed by atoms with Crippen LogP contribution in [0.4, 0.5) is 0 Å². The van der Waals surface area contributed by atoms with Gasteiger partial charge in [0.05, 0.1) is 12.7 Å². The van der Waals surface area contributed by atoms with Crippen molar-refractivity contribution < 1.29 is 19.0 Å². The first-order valence-corrected chi connectivity index (χ1v) is 8.68. The maximum absolute atomic E-state index is 10.9. The normalized spacial score (nSPS) is 10.9. The highest BCUT2D eigenvalue weighted by Gasteiger charge is 2.11. The number of carbonyl (C=O) groups excluding carboxylic acids is 1. The Morgan fingerprint density at radius 3 is 2.62 bits per heavy atom. The summed E-state index contributed by atoms with van der Waals surface area (Å²) >= 11 is 0. The predicted molar refractivity (Wildman–Crippen MR) is 106 cm³/mol. The molecule has 0 amide bonds. The molecule has 0 spiro atoms. The number of hydrogen-bond acceptors (Lipinski definition) is 4. The van der Waals surface area contributed by atoms with E-state index in [1.165, 1.54) is 0 Å². The van der Waals surface area contributed by atoms with Crippen LogP contribution in [0.15, 0.2) is 48.2 Å². The van der Waals surface area contributed by atoms with Crippen molar-refractivity contribution in [2.75, 3.05) is 27.4 Å². The average molecular weight is 356 g/mol. The van der Waals surface area contributed by atoms with Crippen molar-refractivity contribution in [1.82, 2.24) is 0 Å². The summed E-state index contributed by atoms with van der Waals surface area (Å²) in [6, 6.07) is 3.73. The molecule has 0 N–H and O–H groups in total. The molecule has 0 unspecified atom stereocenters. The summed E-state index contributed by atoms with van der Waals surface area (Å²) in [5.41, 5.74) is 5.43. The van der Waals surface area contributed by atoms with Crippen LogP contribution in [0, 0.1) is 0 Å². The highest BCUT2D eigenvalue weighted by Crippen LogP contribution is 2.32. The van der Waals surface area contributed by atoms with Crippen LogP contribution in [0.25, 0.3) is 6.08 Å². The molecule has 4 nitrogen and oxygen atoms in total. The van der Waals surface area contributed by atoms with Gasteiger partial charge in [0.1, 0.15) is 24.4 Å². The highest BCUT2D eigenvalue weighted by atomic mass is 16.5. The fraction of sp³-hybridized carbons (Fsp3) is 0.364. The minimum absolute atomic E-state index is 0.306. The highest BCUT2D eigenvalue weighted by molar-refractivity contribution is 5.67. The van der Waals surface area contributed by atoms with Crippen LogP contribution in [-0.2, 0) is 16.0 Å². The third-order valence-electron chi connectivity index (χ3n) is 3.64. The summed E-state index contributed by atoms with van der Waals surface area (Å²) in [5, 5.41) is 0. The second-order valence-electron chi connectivity index (χ2n) is 5.57. The molecule has 0 radical (unpaired) electrons. The van der Waals surface area contributed by atoms with Crippen LogP contribution in [-0.4, -0.2) is 33.7 Å². The van der Waals surface area contributed by atoms with Gasteiger partial charge in [0.2, 0.25) is 0 Å². The molecule has 26 heavy (non-hydrogen) atoms. The standard InChI is InChI=1S/C22H28O4/c1-5-7-10-18(6-2)17-26-22-16-19(12-13-23)15-21(25-4)20(22)11-8-9-14-24-3/h7-8,10-11,13,15-16H,2,5,9,12,14,17H2,1,3-4H3/b10-7-,11-8-. The predicted octanol–water partition coefficient (Wildman–Crippen LogP) is 4.54. The SMILES string of the molecule is C=C=C(/C=C\CC)COc1cc(CC=O)cc(OC)c1/C=C\CCOC. The second-order valence-corrected chi connectivity index (χ2v) is 5.57. The monoisotopic (exact) mass is 356 g/mol. The lowest BCUT2D eigenvalue weighted by Crippen LogP contribution is -2.03. The lowest BCUT2D eigenvalue weighted by Gasteiger charge is -2.15. The van der Waals surface area contributed by atoms with E-state index in [1.807, 2.05) is 36.4 Å². The molecule has 1 rings (SSSR count). The third kappa shape index (κ3) is 7.14. The van der Waals surface area contributed by atoms with Crippen LogP contribution >= 0.6 is 0 Å². The lowest BCUT2D eigenvalue weighted by atomic mass is 10.1. The lowest BCUT2D eigenvalue weighted by molar-refractivity contribution is -0.107. The Balaban J connectivity index is 3.15. The molecule has 1 aromatic rings. The summed E-state index contributed by atoms with van der Waals surface area (Å²) in [6.45, 7) is 6.75. The van der Waals surface area contributed by atoms with E-state index in [2.05, 4.69) is 19.2 Å². The molecule has 0 bridgehead atoms. The molecule has 0 aromatic heterocycles. The van der Waals surface area contributed by atoms with E-state index in [4.69, 9.17) is 14.2 Å². The molecule has 140 valence electrons. The Kier molecular flexibility index (Phi) is 10.5. The molecule has 0 saturated heterocycles. The van der Waals surface area contributed by atoms with Gasteiger partial charge in [-0.05, 0) is 30.5 Å². The number of carbonyl (C=O) groups is 1. The zero-order valence-corrected chi connectivity index (χ0v) is 15.9. The first kappa shape index (κ1) is 21.5. The Bertz CT molecular complexity index is 680. The average Bonchev–Trinajstić information content (AvgIpc) is 2.66. The van der Waals surface area contributed by atoms with Crippen molar-refractivity contribution in [1.29, 1.82) is 0 Å². The van der Waals surface area contributed by atoms with Gasteiger partial charge in [-0.25, -0.2) is 0 Å². The third-order valence-corrected chi connectivity index (χ3v) is 3.64. The van der Waals surface area contributed by atoms with E-state index in [0.29, 0.717) is 31.1 Å². The number of benzene rings is 1. The molecular weight excluding hydrogens is 328 g/mol. The van der Waals surface area contributed by atoms with Gasteiger partial charge >= 0.3 is 0 Å². The van der Waals surface area contributed by atoms with Gasteiger partial charge in [-0.15, -0.1) is 5.73 Å². The van der Waals surface area contributed by atoms with Crippen molar-refractivity contribution in [3.8, 4) is 11.5 Å². The first-order valence-electron chi connectivity index (χ1n) is 8.68. The number of ether oxygens (including phenoxy) is 3. The molecule has 4 heteroatoms. The van der Waals surface area contributed by atoms with Crippen LogP contribution in [0.2, 0.25) is 0 Å². The van der Waals surface area contributed by atoms with E-state index in [0.717, 1.165) is 35.8 Å². The summed E-state index contributed by atoms with van der Waals surface area (Å²) in [5.74, 6) is 1.33. The van der Waals surface area contributed by atoms with Crippen LogP contribution < -0.4 is 9.47 Å². The summed E-state index contributed by atoms with van der Waals surface area (Å²) in [7, 11) is 3.28. The van der Waals surface area contributed by atoms with Crippen molar-refractivity contribution in [3.05, 3.63) is 59.4 Å². The van der Waals surface area contributed by atoms with Gasteiger partial charge in [0.15, 0.2) is 0 Å². The van der Waals surface area contributed by atoms with E-state index >= 15 is 0 Å². The maximum atomic E-state index is 10.9. The molecular formula is C22H28O4. The van der Waals surface area contributed by atoms with Gasteiger partial charge in [0.25, 0.3) is 0 Å². The van der Waals surface area contributed by atoms with Gasteiger partial charge in [0, 0.05) is 25.7 Å². The smallest absolute Gasteiger partial charge is 0.131 e. The van der Waals surface area contributed by atoms with Crippen LogP contribution in [0.1, 0.15) is 30.9 Å². The Morgan fingerprint density at radius 1 is 1.23 bits per heavy atom. The Morgan fingerprint density at radius 2 is 2.00 bits per heavy atom. The molecule has 0 fully saturated rings. The summed E-state index contributed by atoms with van der Waals surface area (Å²) in [6.07, 6.45) is 10.8. The Labute approximate surface area is 156 Å². The molecule has 0 saturated carbocycles. The largest absolute Gasteiger partial charge is 0.496 e. The maximum Gasteiger partial charge on any atom is 0.131 e. The zero-order valence-electron chi connectivity index (χ0n) is 15.9. The van der Waals surface area contributed by atoms with Gasteiger partial charge in [-0.1, -0.05) is 37.8 Å². The number of aldehydes is 1. The molecule has 0 aliphatic carbocycles. The number of methoxy groups -OCH3 is 2. The minimum Gasteiger partial charge on any atom is -0.496 e. The van der Waals surface area contributed by atoms with Gasteiger partial charge < -0.3 is 19.0 Å². The molecule has 1 aromatic carbocycles. The van der Waals surface area contributed by atoms with Crippen molar-refractivity contribution in [2.24, 2.45) is 0 Å². The second kappa shape index (κ2) is 12.8. The quantitative estimate of drug-likeness (QED) is 0.239. The van der Waals surface area contributed by atoms with E-state index in [-0.39, 0.29) is 0 Å². The summed E-state index contributed by atoms with van der Waals surface area (Å²) in [4.78, 5) is 10.9. The van der Waals surface area contributed by atoms with Crippen LogP contribution in [0.5, 0.6) is 11.5 Å². The summed E-state index contributed by atoms with van der Waals surface area (Å²) < 4.78 is 16.6. The topological polar surface area (TPSA) is 44.8 Å². The number of rotatable bonds is 12. The fourth-order valence-corrected chi connectivity index (χ4v) is 2.28. The molecule has 0 aliphatic rings. The molecule has 0 heterocycles. The minimum atomic E-state index is 0.306. The van der Waals surface area contributed by atoms with Crippen molar-refractivity contribution >= 4 is 12.4 Å². The Hall–Kier alpha value is -2.55. The van der Waals surface area contributed by atoms with Crippen molar-refractivity contribution in [3.63, 3.8) is 0 Å². The molecule has 0 aliphatic heterocycles. The van der Waals surface area contributed by atoms with Crippen LogP contribution in [0.3, 0.4) is 0 Å². The first-order chi connectivity index (χ1) is 12.7. The van der Waals surface area contributed by atoms with E-state index in [1.54, 1.807) is 14.2 Å². The number of hydrogen-bond donors (Lipinski definition) is 0. The van der Waals surface area contributed by atoms with Gasteiger partial charge in [-0.3, -0.25) is 0 Å². The fourth-order valence-electron chi connectivity index (χ4n) is 2.28. The van der Waals surface area contributed by atoms with Gasteiger partial charge in [-0.2, -0.15) is 0 Å². The number of allylic oxidation sites excluding steroid dienone is 1. The van der Waals surface area contributed by atoms with E-state index in [9.17, 15) is 4.79 Å². The molecule has 0 atom stereocenters.